The van der Waals surface area contributed by atoms with Gasteiger partial charge in [-0.15, -0.1) is 0 Å². The molecule has 2 aliphatic carbocycles. The summed E-state index contributed by atoms with van der Waals surface area (Å²) in [6.07, 6.45) is 10.5. The average molecular weight is 565 g/mol. The number of alkyl halides is 3. The van der Waals surface area contributed by atoms with Gasteiger partial charge in [0, 0.05) is 11.5 Å². The maximum absolute atomic E-state index is 14.9. The number of hydrogen-bond donors (Lipinski definition) is 0. The first kappa shape index (κ1) is 30.5. The fourth-order valence-corrected chi connectivity index (χ4v) is 6.44. The van der Waals surface area contributed by atoms with Gasteiger partial charge in [0.05, 0.1) is 18.3 Å². The number of hydrogen-bond acceptors (Lipinski definition) is 1. The van der Waals surface area contributed by atoms with E-state index in [2.05, 4.69) is 6.92 Å². The van der Waals surface area contributed by atoms with Crippen molar-refractivity contribution >= 4 is 0 Å². The Bertz CT molecular complexity index is 1150. The largest absolute Gasteiger partial charge is 0.458 e. The fraction of sp³-hybridized carbons (Fsp3) is 0.576. The van der Waals surface area contributed by atoms with Crippen molar-refractivity contribution in [2.24, 2.45) is 17.8 Å². The second-order valence-electron chi connectivity index (χ2n) is 11.5. The third-order valence-electron chi connectivity index (χ3n) is 8.69. The quantitative estimate of drug-likeness (QED) is 0.167. The van der Waals surface area contributed by atoms with Gasteiger partial charge in [0.2, 0.25) is 0 Å². The van der Waals surface area contributed by atoms with Crippen molar-refractivity contribution in [3.8, 4) is 23.0 Å². The summed E-state index contributed by atoms with van der Waals surface area (Å²) in [5.41, 5.74) is -0.571. The zero-order valence-electron chi connectivity index (χ0n) is 23.1. The van der Waals surface area contributed by atoms with Crippen LogP contribution in [0.25, 0.3) is 11.1 Å². The molecule has 0 atom stereocenters. The Labute approximate surface area is 233 Å². The van der Waals surface area contributed by atoms with Crippen molar-refractivity contribution in [1.82, 2.24) is 0 Å². The van der Waals surface area contributed by atoms with Gasteiger partial charge >= 0.3 is 6.18 Å². The van der Waals surface area contributed by atoms with Gasteiger partial charge in [-0.1, -0.05) is 63.5 Å². The van der Waals surface area contributed by atoms with E-state index in [9.17, 15) is 26.3 Å². The van der Waals surface area contributed by atoms with Crippen LogP contribution >= 0.6 is 0 Å². The van der Waals surface area contributed by atoms with E-state index in [1.807, 2.05) is 0 Å². The van der Waals surface area contributed by atoms with E-state index < -0.39 is 29.2 Å². The molecule has 0 heterocycles. The number of benzene rings is 2. The third-order valence-corrected chi connectivity index (χ3v) is 8.69. The molecule has 0 radical (unpaired) electrons. The Hall–Kier alpha value is -2.46. The molecule has 0 amide bonds. The van der Waals surface area contributed by atoms with Gasteiger partial charge in [0.15, 0.2) is 0 Å². The molecule has 2 aliphatic rings. The zero-order chi connectivity index (χ0) is 28.7. The lowest BCUT2D eigenvalue weighted by molar-refractivity contribution is -0.0696. The Kier molecular flexibility index (Phi) is 10.6. The van der Waals surface area contributed by atoms with E-state index in [-0.39, 0.29) is 23.8 Å². The molecule has 0 aromatic heterocycles. The molecule has 1 nitrogen and oxygen atoms in total. The summed E-state index contributed by atoms with van der Waals surface area (Å²) in [6.45, 7) is 2.50. The van der Waals surface area contributed by atoms with Crippen LogP contribution in [0.1, 0.15) is 95.1 Å². The van der Waals surface area contributed by atoms with Crippen LogP contribution in [0.4, 0.5) is 26.3 Å². The Morgan fingerprint density at radius 3 is 2.00 bits per heavy atom. The van der Waals surface area contributed by atoms with Crippen molar-refractivity contribution in [2.45, 2.75) is 103 Å². The maximum atomic E-state index is 14.9. The molecule has 0 bridgehead atoms. The smallest absolute Gasteiger partial charge is 0.374 e. The zero-order valence-corrected chi connectivity index (χ0v) is 23.1. The van der Waals surface area contributed by atoms with Gasteiger partial charge < -0.3 is 4.74 Å². The molecule has 2 fully saturated rings. The van der Waals surface area contributed by atoms with Crippen LogP contribution in [0.2, 0.25) is 0 Å². The summed E-state index contributed by atoms with van der Waals surface area (Å²) in [6, 6.07) is 5.88. The Balaban J connectivity index is 1.26. The molecule has 40 heavy (non-hydrogen) atoms. The van der Waals surface area contributed by atoms with Gasteiger partial charge in [-0.2, -0.15) is 13.2 Å². The maximum Gasteiger partial charge on any atom is 0.458 e. The minimum Gasteiger partial charge on any atom is -0.374 e. The molecule has 2 saturated carbocycles. The molecule has 0 unspecified atom stereocenters. The summed E-state index contributed by atoms with van der Waals surface area (Å²) in [5.74, 6) is 1.59. The van der Waals surface area contributed by atoms with E-state index in [1.165, 1.54) is 82.3 Å². The number of rotatable bonds is 9. The highest BCUT2D eigenvalue weighted by atomic mass is 19.4. The Morgan fingerprint density at radius 1 is 0.800 bits per heavy atom. The van der Waals surface area contributed by atoms with E-state index in [1.54, 1.807) is 6.07 Å². The van der Waals surface area contributed by atoms with Crippen LogP contribution in [0.15, 0.2) is 30.3 Å². The highest BCUT2D eigenvalue weighted by Crippen LogP contribution is 2.41. The van der Waals surface area contributed by atoms with Crippen molar-refractivity contribution in [3.63, 3.8) is 0 Å². The number of ether oxygens (including phenoxy) is 1. The normalized spacial score (nSPS) is 23.5. The van der Waals surface area contributed by atoms with Crippen LogP contribution in [0.5, 0.6) is 0 Å². The summed E-state index contributed by atoms with van der Waals surface area (Å²) in [5, 5.41) is 0. The van der Waals surface area contributed by atoms with Crippen molar-refractivity contribution in [3.05, 3.63) is 58.9 Å². The van der Waals surface area contributed by atoms with E-state index in [0.29, 0.717) is 5.56 Å². The molecular weight excluding hydrogens is 526 g/mol. The highest BCUT2D eigenvalue weighted by molar-refractivity contribution is 5.66. The van der Waals surface area contributed by atoms with Crippen LogP contribution < -0.4 is 0 Å². The van der Waals surface area contributed by atoms with Gasteiger partial charge in [0.1, 0.15) is 17.5 Å². The fourth-order valence-electron chi connectivity index (χ4n) is 6.44. The van der Waals surface area contributed by atoms with Crippen molar-refractivity contribution < 1.29 is 31.1 Å². The molecule has 7 heteroatoms. The summed E-state index contributed by atoms with van der Waals surface area (Å²) < 4.78 is 86.4. The first-order valence-electron chi connectivity index (χ1n) is 14.6. The lowest BCUT2D eigenvalue weighted by Gasteiger charge is -2.38. The van der Waals surface area contributed by atoms with Crippen LogP contribution in [-0.4, -0.2) is 12.3 Å². The molecule has 0 saturated heterocycles. The summed E-state index contributed by atoms with van der Waals surface area (Å²) in [7, 11) is 0. The minimum absolute atomic E-state index is 0.0579. The minimum atomic E-state index is -4.88. The second kappa shape index (κ2) is 13.9. The van der Waals surface area contributed by atoms with E-state index in [4.69, 9.17) is 4.74 Å². The summed E-state index contributed by atoms with van der Waals surface area (Å²) in [4.78, 5) is 0. The highest BCUT2D eigenvalue weighted by Gasteiger charge is 2.31. The SMILES string of the molecule is CCCCCC1CCC(C2CCC(OCc3ccc(-c4cc(F)c(C#CC(F)(F)F)c(F)c4)c(F)c3)CC2)CC1. The van der Waals surface area contributed by atoms with Gasteiger partial charge in [-0.3, -0.25) is 0 Å². The standard InChI is InChI=1S/C33H38F6O/c1-2-3-4-5-22-6-9-24(10-7-22)25-11-13-27(14-12-25)40-21-23-8-15-28(30(34)18-23)26-19-31(35)29(32(36)20-26)16-17-33(37,38)39/h8,15,18-20,22,24-25,27H,2-7,9-14,21H2,1H3. The van der Waals surface area contributed by atoms with Gasteiger partial charge in [0.25, 0.3) is 0 Å². The predicted molar refractivity (Wildman–Crippen MR) is 145 cm³/mol. The number of unbranched alkanes of at least 4 members (excludes halogenated alkanes) is 2. The first-order valence-corrected chi connectivity index (χ1v) is 14.6. The molecule has 0 aliphatic heterocycles. The van der Waals surface area contributed by atoms with Crippen LogP contribution in [-0.2, 0) is 11.3 Å². The van der Waals surface area contributed by atoms with Gasteiger partial charge in [-0.05, 0) is 85.6 Å². The first-order chi connectivity index (χ1) is 19.1. The lowest BCUT2D eigenvalue weighted by atomic mass is 9.70. The number of halogens is 6. The third kappa shape index (κ3) is 8.52. The molecular formula is C33H38F6O. The Morgan fingerprint density at radius 2 is 1.43 bits per heavy atom. The van der Waals surface area contributed by atoms with E-state index in [0.717, 1.165) is 48.6 Å². The van der Waals surface area contributed by atoms with Crippen LogP contribution in [0.3, 0.4) is 0 Å². The molecule has 0 spiro atoms. The monoisotopic (exact) mass is 564 g/mol. The van der Waals surface area contributed by atoms with Crippen molar-refractivity contribution in [1.29, 1.82) is 0 Å². The average Bonchev–Trinajstić information content (AvgIpc) is 2.92. The lowest BCUT2D eigenvalue weighted by Crippen LogP contribution is -2.28. The van der Waals surface area contributed by atoms with Gasteiger partial charge in [-0.25, -0.2) is 13.2 Å². The second-order valence-corrected chi connectivity index (χ2v) is 11.5. The van der Waals surface area contributed by atoms with Crippen LogP contribution in [0, 0.1) is 47.0 Å². The molecule has 218 valence electrons. The topological polar surface area (TPSA) is 9.23 Å². The molecule has 2 aromatic rings. The van der Waals surface area contributed by atoms with Crippen molar-refractivity contribution in [2.75, 3.05) is 0 Å². The predicted octanol–water partition coefficient (Wildman–Crippen LogP) is 10.1. The van der Waals surface area contributed by atoms with E-state index >= 15 is 0 Å². The summed E-state index contributed by atoms with van der Waals surface area (Å²) >= 11 is 0. The molecule has 4 rings (SSSR count). The molecule has 2 aromatic carbocycles. The molecule has 0 N–H and O–H groups in total.